The lowest BCUT2D eigenvalue weighted by molar-refractivity contribution is -0.142. The van der Waals surface area contributed by atoms with Crippen LogP contribution in [0.25, 0.3) is 0 Å². The van der Waals surface area contributed by atoms with Gasteiger partial charge in [0.05, 0.1) is 12.1 Å². The van der Waals surface area contributed by atoms with Gasteiger partial charge in [-0.3, -0.25) is 9.78 Å². The first-order chi connectivity index (χ1) is 8.20. The summed E-state index contributed by atoms with van der Waals surface area (Å²) < 4.78 is 64.9. The number of nitrogens with zero attached hydrogens (tertiary/aromatic N) is 1. The van der Waals surface area contributed by atoms with Crippen molar-refractivity contribution in [2.45, 2.75) is 19.2 Å². The summed E-state index contributed by atoms with van der Waals surface area (Å²) in [6, 6.07) is 0.531. The van der Waals surface area contributed by atoms with Gasteiger partial charge in [-0.2, -0.15) is 22.0 Å². The number of aliphatic carboxylic acids is 1. The van der Waals surface area contributed by atoms with Gasteiger partial charge in [-0.05, 0) is 0 Å². The standard InChI is InChI=1S/C9H6F5NO3/c10-8(11)18-6-1-4(2-7(16)17)15-3-5(6)9(12,13)14/h1,3,8H,2H2,(H,16,17). The molecule has 0 radical (unpaired) electrons. The lowest BCUT2D eigenvalue weighted by Gasteiger charge is -2.13. The number of rotatable bonds is 4. The zero-order valence-corrected chi connectivity index (χ0v) is 8.54. The van der Waals surface area contributed by atoms with E-state index < -0.39 is 36.5 Å². The second kappa shape index (κ2) is 5.15. The smallest absolute Gasteiger partial charge is 0.421 e. The van der Waals surface area contributed by atoms with Gasteiger partial charge in [0.25, 0.3) is 0 Å². The number of alkyl halides is 5. The van der Waals surface area contributed by atoms with Crippen LogP contribution in [0.3, 0.4) is 0 Å². The number of hydrogen-bond acceptors (Lipinski definition) is 3. The first-order valence-electron chi connectivity index (χ1n) is 4.43. The Morgan fingerprint density at radius 3 is 2.50 bits per heavy atom. The van der Waals surface area contributed by atoms with E-state index in [1.807, 2.05) is 0 Å². The van der Waals surface area contributed by atoms with Crippen molar-refractivity contribution in [3.8, 4) is 5.75 Å². The normalized spacial score (nSPS) is 11.7. The van der Waals surface area contributed by atoms with Crippen molar-refractivity contribution in [3.63, 3.8) is 0 Å². The number of carboxylic acids is 1. The van der Waals surface area contributed by atoms with E-state index in [9.17, 15) is 26.7 Å². The summed E-state index contributed by atoms with van der Waals surface area (Å²) in [5, 5.41) is 8.42. The van der Waals surface area contributed by atoms with E-state index in [2.05, 4.69) is 9.72 Å². The highest BCUT2D eigenvalue weighted by Gasteiger charge is 2.36. The average Bonchev–Trinajstić information content (AvgIpc) is 2.13. The highest BCUT2D eigenvalue weighted by Crippen LogP contribution is 2.36. The molecule has 100 valence electrons. The van der Waals surface area contributed by atoms with Crippen LogP contribution >= 0.6 is 0 Å². The molecule has 0 bridgehead atoms. The summed E-state index contributed by atoms with van der Waals surface area (Å²) in [4.78, 5) is 13.6. The predicted molar refractivity (Wildman–Crippen MR) is 47.2 cm³/mol. The van der Waals surface area contributed by atoms with Crippen molar-refractivity contribution >= 4 is 5.97 Å². The Morgan fingerprint density at radius 2 is 2.06 bits per heavy atom. The first-order valence-corrected chi connectivity index (χ1v) is 4.43. The van der Waals surface area contributed by atoms with Gasteiger partial charge in [0, 0.05) is 12.3 Å². The van der Waals surface area contributed by atoms with Gasteiger partial charge in [-0.25, -0.2) is 0 Å². The maximum Gasteiger partial charge on any atom is 0.421 e. The Kier molecular flexibility index (Phi) is 4.04. The minimum Gasteiger partial charge on any atom is -0.481 e. The van der Waals surface area contributed by atoms with Crippen LogP contribution in [0.5, 0.6) is 5.75 Å². The molecule has 0 aromatic carbocycles. The fraction of sp³-hybridized carbons (Fsp3) is 0.333. The summed E-state index contributed by atoms with van der Waals surface area (Å²) in [5.41, 5.74) is -1.80. The van der Waals surface area contributed by atoms with Crippen molar-refractivity contribution in [2.24, 2.45) is 0 Å². The first kappa shape index (κ1) is 14.1. The zero-order valence-electron chi connectivity index (χ0n) is 8.54. The Bertz CT molecular complexity index is 446. The third-order valence-corrected chi connectivity index (χ3v) is 1.78. The number of ether oxygens (including phenoxy) is 1. The predicted octanol–water partition coefficient (Wildman–Crippen LogP) is 2.33. The Labute approximate surface area is 97.0 Å². The topological polar surface area (TPSA) is 59.4 Å². The molecule has 1 aromatic rings. The van der Waals surface area contributed by atoms with Crippen LogP contribution in [0.1, 0.15) is 11.3 Å². The van der Waals surface area contributed by atoms with Crippen molar-refractivity contribution in [3.05, 3.63) is 23.5 Å². The number of pyridine rings is 1. The highest BCUT2D eigenvalue weighted by atomic mass is 19.4. The van der Waals surface area contributed by atoms with Gasteiger partial charge in [0.15, 0.2) is 0 Å². The fourth-order valence-electron chi connectivity index (χ4n) is 1.14. The van der Waals surface area contributed by atoms with Crippen LogP contribution in [-0.4, -0.2) is 22.7 Å². The largest absolute Gasteiger partial charge is 0.481 e. The molecule has 0 saturated heterocycles. The Morgan fingerprint density at radius 1 is 1.44 bits per heavy atom. The minimum absolute atomic E-state index is 0.260. The van der Waals surface area contributed by atoms with E-state index in [4.69, 9.17) is 5.11 Å². The summed E-state index contributed by atoms with van der Waals surface area (Å²) in [5.74, 6) is -2.51. The lowest BCUT2D eigenvalue weighted by Crippen LogP contribution is -2.13. The molecular formula is C9H6F5NO3. The quantitative estimate of drug-likeness (QED) is 0.854. The van der Waals surface area contributed by atoms with Crippen LogP contribution in [0, 0.1) is 0 Å². The van der Waals surface area contributed by atoms with Gasteiger partial charge in [-0.15, -0.1) is 0 Å². The SMILES string of the molecule is O=C(O)Cc1cc(OC(F)F)c(C(F)(F)F)cn1. The van der Waals surface area contributed by atoms with E-state index in [0.29, 0.717) is 6.07 Å². The third-order valence-electron chi connectivity index (χ3n) is 1.78. The van der Waals surface area contributed by atoms with Crippen LogP contribution in [0.2, 0.25) is 0 Å². The second-order valence-electron chi connectivity index (χ2n) is 3.12. The maximum atomic E-state index is 12.4. The molecule has 1 aromatic heterocycles. The van der Waals surface area contributed by atoms with E-state index in [0.717, 1.165) is 0 Å². The van der Waals surface area contributed by atoms with E-state index >= 15 is 0 Å². The Balaban J connectivity index is 3.16. The van der Waals surface area contributed by atoms with E-state index in [1.54, 1.807) is 0 Å². The molecule has 0 aliphatic rings. The molecule has 0 unspecified atom stereocenters. The molecule has 0 spiro atoms. The molecule has 0 fully saturated rings. The number of carboxylic acid groups (broad SMARTS) is 1. The van der Waals surface area contributed by atoms with Crippen LogP contribution in [0.15, 0.2) is 12.3 Å². The molecule has 9 heteroatoms. The highest BCUT2D eigenvalue weighted by molar-refractivity contribution is 5.69. The molecule has 0 saturated carbocycles. The Hall–Kier alpha value is -1.93. The van der Waals surface area contributed by atoms with Gasteiger partial charge >= 0.3 is 18.8 Å². The molecule has 0 aliphatic carbocycles. The third kappa shape index (κ3) is 3.82. The molecule has 0 aliphatic heterocycles. The molecule has 1 heterocycles. The van der Waals surface area contributed by atoms with Gasteiger partial charge in [0.1, 0.15) is 11.3 Å². The number of aromatic nitrogens is 1. The van der Waals surface area contributed by atoms with Crippen LogP contribution < -0.4 is 4.74 Å². The molecule has 1 N–H and O–H groups in total. The second-order valence-corrected chi connectivity index (χ2v) is 3.12. The molecule has 1 rings (SSSR count). The van der Waals surface area contributed by atoms with Crippen LogP contribution in [-0.2, 0) is 17.4 Å². The lowest BCUT2D eigenvalue weighted by atomic mass is 10.2. The maximum absolute atomic E-state index is 12.4. The minimum atomic E-state index is -4.92. The zero-order chi connectivity index (χ0) is 13.9. The molecule has 18 heavy (non-hydrogen) atoms. The summed E-state index contributed by atoms with van der Waals surface area (Å²) in [6.07, 6.45) is -5.35. The molecular weight excluding hydrogens is 265 g/mol. The monoisotopic (exact) mass is 271 g/mol. The summed E-state index contributed by atoms with van der Waals surface area (Å²) >= 11 is 0. The molecule has 0 amide bonds. The van der Waals surface area contributed by atoms with Gasteiger partial charge < -0.3 is 9.84 Å². The van der Waals surface area contributed by atoms with Crippen molar-refractivity contribution < 1.29 is 36.6 Å². The average molecular weight is 271 g/mol. The summed E-state index contributed by atoms with van der Waals surface area (Å²) in [6.45, 7) is -3.45. The fourth-order valence-corrected chi connectivity index (χ4v) is 1.14. The number of carbonyl (C=O) groups is 1. The van der Waals surface area contributed by atoms with Crippen molar-refractivity contribution in [2.75, 3.05) is 0 Å². The van der Waals surface area contributed by atoms with E-state index in [-0.39, 0.29) is 11.9 Å². The van der Waals surface area contributed by atoms with Gasteiger partial charge in [0.2, 0.25) is 0 Å². The molecule has 4 nitrogen and oxygen atoms in total. The molecule has 0 atom stereocenters. The van der Waals surface area contributed by atoms with E-state index in [1.165, 1.54) is 0 Å². The van der Waals surface area contributed by atoms with Crippen molar-refractivity contribution in [1.29, 1.82) is 0 Å². The van der Waals surface area contributed by atoms with Gasteiger partial charge in [-0.1, -0.05) is 0 Å². The van der Waals surface area contributed by atoms with Crippen LogP contribution in [0.4, 0.5) is 22.0 Å². The van der Waals surface area contributed by atoms with Crippen molar-refractivity contribution in [1.82, 2.24) is 4.98 Å². The number of halogens is 5. The summed E-state index contributed by atoms with van der Waals surface area (Å²) in [7, 11) is 0. The number of hydrogen-bond donors (Lipinski definition) is 1.